The van der Waals surface area contributed by atoms with E-state index in [0.717, 1.165) is 57.3 Å². The summed E-state index contributed by atoms with van der Waals surface area (Å²) in [6, 6.07) is 2.18. The summed E-state index contributed by atoms with van der Waals surface area (Å²) in [7, 11) is 2.03. The molecule has 5 heteroatoms. The molecule has 3 fully saturated rings. The summed E-state index contributed by atoms with van der Waals surface area (Å²) in [5.74, 6) is 0.815. The van der Waals surface area contributed by atoms with Gasteiger partial charge in [-0.25, -0.2) is 0 Å². The zero-order valence-electron chi connectivity index (χ0n) is 15.2. The SMILES string of the molecule is Cc1cc(CN2CC3(C[C@@H](OCC4CCCC4)CCO3)C2)n(C)n1. The lowest BCUT2D eigenvalue weighted by Gasteiger charge is -2.53. The van der Waals surface area contributed by atoms with Crippen molar-refractivity contribution in [3.8, 4) is 0 Å². The lowest BCUT2D eigenvalue weighted by molar-refractivity contribution is -0.200. The van der Waals surface area contributed by atoms with Crippen LogP contribution >= 0.6 is 0 Å². The molecule has 1 aromatic rings. The smallest absolute Gasteiger partial charge is 0.0959 e. The van der Waals surface area contributed by atoms with Gasteiger partial charge in [0, 0.05) is 46.3 Å². The maximum atomic E-state index is 6.26. The van der Waals surface area contributed by atoms with Crippen LogP contribution in [0, 0.1) is 12.8 Å². The Kier molecular flexibility index (Phi) is 4.67. The third kappa shape index (κ3) is 3.53. The van der Waals surface area contributed by atoms with Crippen LogP contribution in [0.3, 0.4) is 0 Å². The molecule has 0 amide bonds. The van der Waals surface area contributed by atoms with Crippen LogP contribution in [0.1, 0.15) is 49.9 Å². The fraction of sp³-hybridized carbons (Fsp3) is 0.842. The summed E-state index contributed by atoms with van der Waals surface area (Å²) < 4.78 is 14.4. The molecule has 1 aliphatic carbocycles. The minimum absolute atomic E-state index is 0.0478. The zero-order valence-corrected chi connectivity index (χ0v) is 15.2. The van der Waals surface area contributed by atoms with Gasteiger partial charge < -0.3 is 9.47 Å². The molecule has 1 aromatic heterocycles. The Labute approximate surface area is 145 Å². The molecule has 24 heavy (non-hydrogen) atoms. The molecule has 0 aromatic carbocycles. The lowest BCUT2D eigenvalue weighted by atomic mass is 9.84. The van der Waals surface area contributed by atoms with E-state index in [4.69, 9.17) is 9.47 Å². The van der Waals surface area contributed by atoms with Crippen molar-refractivity contribution in [2.45, 2.75) is 63.7 Å². The molecule has 0 N–H and O–H groups in total. The number of hydrogen-bond acceptors (Lipinski definition) is 4. The van der Waals surface area contributed by atoms with Crippen molar-refractivity contribution in [2.24, 2.45) is 13.0 Å². The molecule has 5 nitrogen and oxygen atoms in total. The van der Waals surface area contributed by atoms with Crippen molar-refractivity contribution in [3.05, 3.63) is 17.5 Å². The Morgan fingerprint density at radius 3 is 2.79 bits per heavy atom. The van der Waals surface area contributed by atoms with E-state index < -0.39 is 0 Å². The molecular formula is C19H31N3O2. The van der Waals surface area contributed by atoms with Gasteiger partial charge in [-0.2, -0.15) is 5.10 Å². The van der Waals surface area contributed by atoms with Crippen LogP contribution in [0.4, 0.5) is 0 Å². The summed E-state index contributed by atoms with van der Waals surface area (Å²) in [6.07, 6.45) is 8.07. The van der Waals surface area contributed by atoms with Crippen LogP contribution in [0.2, 0.25) is 0 Å². The number of ether oxygens (including phenoxy) is 2. The monoisotopic (exact) mass is 333 g/mol. The highest BCUT2D eigenvalue weighted by Crippen LogP contribution is 2.36. The lowest BCUT2D eigenvalue weighted by Crippen LogP contribution is -2.65. The van der Waals surface area contributed by atoms with E-state index in [9.17, 15) is 0 Å². The highest BCUT2D eigenvalue weighted by molar-refractivity contribution is 5.11. The molecule has 2 aliphatic heterocycles. The van der Waals surface area contributed by atoms with Gasteiger partial charge in [0.1, 0.15) is 0 Å². The van der Waals surface area contributed by atoms with E-state index in [0.29, 0.717) is 6.10 Å². The first-order valence-corrected chi connectivity index (χ1v) is 9.59. The Hall–Kier alpha value is -0.910. The number of likely N-dealkylation sites (tertiary alicyclic amines) is 1. The predicted molar refractivity (Wildman–Crippen MR) is 92.8 cm³/mol. The van der Waals surface area contributed by atoms with Crippen molar-refractivity contribution in [1.82, 2.24) is 14.7 Å². The van der Waals surface area contributed by atoms with E-state index in [1.807, 2.05) is 11.7 Å². The van der Waals surface area contributed by atoms with Crippen LogP contribution in [0.5, 0.6) is 0 Å². The van der Waals surface area contributed by atoms with Gasteiger partial charge in [-0.05, 0) is 38.2 Å². The summed E-state index contributed by atoms with van der Waals surface area (Å²) in [5.41, 5.74) is 2.43. The van der Waals surface area contributed by atoms with Crippen LogP contribution in [-0.2, 0) is 23.1 Å². The first kappa shape index (κ1) is 16.6. The van der Waals surface area contributed by atoms with Crippen molar-refractivity contribution < 1.29 is 9.47 Å². The molecule has 2 saturated heterocycles. The van der Waals surface area contributed by atoms with Gasteiger partial charge in [0.05, 0.1) is 23.1 Å². The molecule has 0 radical (unpaired) electrons. The molecule has 4 rings (SSSR count). The largest absolute Gasteiger partial charge is 0.378 e. The number of nitrogens with zero attached hydrogens (tertiary/aromatic N) is 3. The van der Waals surface area contributed by atoms with Crippen LogP contribution < -0.4 is 0 Å². The molecular weight excluding hydrogens is 302 g/mol. The summed E-state index contributed by atoms with van der Waals surface area (Å²) >= 11 is 0. The van der Waals surface area contributed by atoms with Crippen molar-refractivity contribution in [3.63, 3.8) is 0 Å². The Bertz CT molecular complexity index is 559. The molecule has 134 valence electrons. The highest BCUT2D eigenvalue weighted by Gasteiger charge is 2.47. The first-order chi connectivity index (χ1) is 11.6. The third-order valence-corrected chi connectivity index (χ3v) is 6.00. The van der Waals surface area contributed by atoms with Crippen molar-refractivity contribution >= 4 is 0 Å². The van der Waals surface area contributed by atoms with Gasteiger partial charge in [0.2, 0.25) is 0 Å². The van der Waals surface area contributed by atoms with Gasteiger partial charge in [0.25, 0.3) is 0 Å². The molecule has 1 saturated carbocycles. The topological polar surface area (TPSA) is 39.5 Å². The van der Waals surface area contributed by atoms with Crippen LogP contribution in [-0.4, -0.2) is 52.7 Å². The fourth-order valence-electron chi connectivity index (χ4n) is 4.72. The normalized spacial score (nSPS) is 27.7. The molecule has 3 heterocycles. The van der Waals surface area contributed by atoms with Crippen molar-refractivity contribution in [1.29, 1.82) is 0 Å². The fourth-order valence-corrected chi connectivity index (χ4v) is 4.72. The standard InChI is InChI=1S/C19H31N3O2/c1-15-9-17(21(2)20-15)11-22-13-19(14-22)10-18(7-8-24-19)23-12-16-5-3-4-6-16/h9,16,18H,3-8,10-14H2,1-2H3/t18-/m0/s1. The number of rotatable bonds is 5. The van der Waals surface area contributed by atoms with E-state index in [1.165, 1.54) is 31.4 Å². The number of aromatic nitrogens is 2. The molecule has 1 spiro atoms. The zero-order chi connectivity index (χ0) is 16.6. The average molecular weight is 333 g/mol. The van der Waals surface area contributed by atoms with Crippen LogP contribution in [0.15, 0.2) is 6.07 Å². The van der Waals surface area contributed by atoms with E-state index in [-0.39, 0.29) is 5.60 Å². The van der Waals surface area contributed by atoms with Gasteiger partial charge in [-0.15, -0.1) is 0 Å². The maximum absolute atomic E-state index is 6.26. The second-order valence-corrected chi connectivity index (χ2v) is 8.18. The summed E-state index contributed by atoms with van der Waals surface area (Å²) in [4.78, 5) is 2.47. The minimum Gasteiger partial charge on any atom is -0.378 e. The quantitative estimate of drug-likeness (QED) is 0.830. The predicted octanol–water partition coefficient (Wildman–Crippen LogP) is 2.67. The van der Waals surface area contributed by atoms with Gasteiger partial charge in [0.15, 0.2) is 0 Å². The molecule has 1 atom stereocenters. The minimum atomic E-state index is 0.0478. The second-order valence-electron chi connectivity index (χ2n) is 8.18. The second kappa shape index (κ2) is 6.77. The molecule has 0 bridgehead atoms. The Balaban J connectivity index is 1.25. The first-order valence-electron chi connectivity index (χ1n) is 9.59. The Morgan fingerprint density at radius 2 is 2.08 bits per heavy atom. The highest BCUT2D eigenvalue weighted by atomic mass is 16.5. The average Bonchev–Trinajstić information content (AvgIpc) is 3.14. The van der Waals surface area contributed by atoms with Gasteiger partial charge in [-0.3, -0.25) is 9.58 Å². The van der Waals surface area contributed by atoms with Crippen LogP contribution in [0.25, 0.3) is 0 Å². The number of aryl methyl sites for hydroxylation is 2. The van der Waals surface area contributed by atoms with E-state index in [2.05, 4.69) is 23.0 Å². The van der Waals surface area contributed by atoms with E-state index >= 15 is 0 Å². The van der Waals surface area contributed by atoms with E-state index in [1.54, 1.807) is 0 Å². The third-order valence-electron chi connectivity index (χ3n) is 6.00. The molecule has 0 unspecified atom stereocenters. The van der Waals surface area contributed by atoms with Gasteiger partial charge in [-0.1, -0.05) is 12.8 Å². The van der Waals surface area contributed by atoms with Crippen molar-refractivity contribution in [2.75, 3.05) is 26.3 Å². The Morgan fingerprint density at radius 1 is 1.29 bits per heavy atom. The molecule has 3 aliphatic rings. The summed E-state index contributed by atoms with van der Waals surface area (Å²) in [5, 5.41) is 4.44. The summed E-state index contributed by atoms with van der Waals surface area (Å²) in [6.45, 7) is 6.90. The maximum Gasteiger partial charge on any atom is 0.0959 e. The number of hydrogen-bond donors (Lipinski definition) is 0. The van der Waals surface area contributed by atoms with Gasteiger partial charge >= 0.3 is 0 Å².